The smallest absolute Gasteiger partial charge is 0.343 e. The molecular formula is C19H19F4N3O. The van der Waals surface area contributed by atoms with E-state index in [0.717, 1.165) is 12.1 Å². The van der Waals surface area contributed by atoms with E-state index in [-0.39, 0.29) is 12.1 Å². The van der Waals surface area contributed by atoms with E-state index in [9.17, 15) is 22.4 Å². The molecule has 0 fully saturated rings. The summed E-state index contributed by atoms with van der Waals surface area (Å²) in [6.45, 7) is 1.36. The van der Waals surface area contributed by atoms with Crippen LogP contribution in [0.3, 0.4) is 0 Å². The van der Waals surface area contributed by atoms with Gasteiger partial charge in [-0.2, -0.15) is 13.2 Å². The van der Waals surface area contributed by atoms with Gasteiger partial charge in [-0.1, -0.05) is 6.07 Å². The number of likely N-dealkylation sites (N-methyl/N-ethyl adjacent to an activating group) is 1. The molecule has 3 aromatic rings. The molecule has 0 spiro atoms. The average Bonchev–Trinajstić information content (AvgIpc) is 2.98. The highest BCUT2D eigenvalue weighted by molar-refractivity contribution is 5.79. The van der Waals surface area contributed by atoms with Crippen LogP contribution in [0.25, 0.3) is 10.9 Å². The summed E-state index contributed by atoms with van der Waals surface area (Å²) in [5.41, 5.74) is -0.511. The molecule has 0 radical (unpaired) electrons. The highest BCUT2D eigenvalue weighted by atomic mass is 19.4. The van der Waals surface area contributed by atoms with Crippen molar-refractivity contribution in [3.05, 3.63) is 70.0 Å². The molecule has 0 N–H and O–H groups in total. The Hall–Kier alpha value is -2.61. The van der Waals surface area contributed by atoms with Crippen molar-refractivity contribution >= 4 is 10.9 Å². The van der Waals surface area contributed by atoms with Crippen LogP contribution >= 0.6 is 0 Å². The van der Waals surface area contributed by atoms with Gasteiger partial charge in [-0.15, -0.1) is 0 Å². The lowest BCUT2D eigenvalue weighted by Crippen LogP contribution is -2.26. The molecule has 144 valence electrons. The molecule has 3 rings (SSSR count). The minimum absolute atomic E-state index is 0.105. The van der Waals surface area contributed by atoms with Crippen molar-refractivity contribution in [2.24, 2.45) is 0 Å². The topological polar surface area (TPSA) is 30.2 Å². The van der Waals surface area contributed by atoms with Gasteiger partial charge in [0.25, 0.3) is 5.56 Å². The Bertz CT molecular complexity index is 1020. The highest BCUT2D eigenvalue weighted by Gasteiger charge is 2.34. The molecule has 8 heteroatoms. The van der Waals surface area contributed by atoms with Crippen molar-refractivity contribution in [3.63, 3.8) is 0 Å². The summed E-state index contributed by atoms with van der Waals surface area (Å²) in [4.78, 5) is 14.5. The molecular weight excluding hydrogens is 362 g/mol. The van der Waals surface area contributed by atoms with Crippen LogP contribution in [0, 0.1) is 5.82 Å². The van der Waals surface area contributed by atoms with E-state index in [1.807, 2.05) is 19.0 Å². The van der Waals surface area contributed by atoms with Gasteiger partial charge in [0.1, 0.15) is 5.82 Å². The fourth-order valence-electron chi connectivity index (χ4n) is 2.94. The second-order valence-corrected chi connectivity index (χ2v) is 6.67. The van der Waals surface area contributed by atoms with Crippen LogP contribution in [0.2, 0.25) is 0 Å². The fraction of sp³-hybridized carbons (Fsp3) is 0.316. The van der Waals surface area contributed by atoms with Gasteiger partial charge in [0.15, 0.2) is 0 Å². The molecule has 0 aliphatic rings. The second-order valence-electron chi connectivity index (χ2n) is 6.67. The monoisotopic (exact) mass is 381 g/mol. The SMILES string of the molecule is CN(C)CCn1ccc2c(ccn2Cc2ccc(F)c(C(F)(F)F)c2)c1=O. The van der Waals surface area contributed by atoms with Crippen LogP contribution < -0.4 is 5.56 Å². The van der Waals surface area contributed by atoms with E-state index in [0.29, 0.717) is 29.6 Å². The van der Waals surface area contributed by atoms with Crippen LogP contribution in [0.1, 0.15) is 11.1 Å². The summed E-state index contributed by atoms with van der Waals surface area (Å²) < 4.78 is 55.4. The zero-order chi connectivity index (χ0) is 19.8. The van der Waals surface area contributed by atoms with E-state index < -0.39 is 17.6 Å². The quantitative estimate of drug-likeness (QED) is 0.633. The molecule has 2 heterocycles. The minimum Gasteiger partial charge on any atom is -0.343 e. The maximum Gasteiger partial charge on any atom is 0.419 e. The fourth-order valence-corrected chi connectivity index (χ4v) is 2.94. The van der Waals surface area contributed by atoms with E-state index >= 15 is 0 Å². The summed E-state index contributed by atoms with van der Waals surface area (Å²) in [5, 5.41) is 0.495. The van der Waals surface area contributed by atoms with Crippen LogP contribution in [-0.4, -0.2) is 34.7 Å². The first-order valence-electron chi connectivity index (χ1n) is 8.35. The molecule has 0 aliphatic carbocycles. The Morgan fingerprint density at radius 1 is 1.04 bits per heavy atom. The lowest BCUT2D eigenvalue weighted by atomic mass is 10.1. The van der Waals surface area contributed by atoms with Crippen LogP contribution in [-0.2, 0) is 19.3 Å². The van der Waals surface area contributed by atoms with E-state index in [1.165, 1.54) is 6.07 Å². The Morgan fingerprint density at radius 2 is 1.74 bits per heavy atom. The van der Waals surface area contributed by atoms with E-state index in [1.54, 1.807) is 33.7 Å². The lowest BCUT2D eigenvalue weighted by Gasteiger charge is -2.13. The molecule has 0 amide bonds. The van der Waals surface area contributed by atoms with E-state index in [2.05, 4.69) is 0 Å². The Labute approximate surface area is 153 Å². The Balaban J connectivity index is 1.93. The van der Waals surface area contributed by atoms with Crippen molar-refractivity contribution in [1.82, 2.24) is 14.0 Å². The van der Waals surface area contributed by atoms with Gasteiger partial charge in [-0.25, -0.2) is 4.39 Å². The number of hydrogen-bond donors (Lipinski definition) is 0. The number of hydrogen-bond acceptors (Lipinski definition) is 2. The van der Waals surface area contributed by atoms with Gasteiger partial charge in [0.2, 0.25) is 0 Å². The van der Waals surface area contributed by atoms with Crippen LogP contribution in [0.15, 0.2) is 47.5 Å². The summed E-state index contributed by atoms with van der Waals surface area (Å²) in [5.74, 6) is -1.30. The van der Waals surface area contributed by atoms with Crippen molar-refractivity contribution < 1.29 is 17.6 Å². The molecule has 1 aromatic carbocycles. The number of pyridine rings is 1. The zero-order valence-corrected chi connectivity index (χ0v) is 14.9. The minimum atomic E-state index is -4.75. The number of aromatic nitrogens is 2. The summed E-state index contributed by atoms with van der Waals surface area (Å²) in [6.07, 6.45) is -1.42. The predicted molar refractivity (Wildman–Crippen MR) is 95.3 cm³/mol. The number of alkyl halides is 3. The molecule has 0 bridgehead atoms. The molecule has 2 aromatic heterocycles. The number of benzene rings is 1. The van der Waals surface area contributed by atoms with Crippen molar-refractivity contribution in [2.75, 3.05) is 20.6 Å². The predicted octanol–water partition coefficient (Wildman–Crippen LogP) is 3.57. The maximum atomic E-state index is 13.4. The third kappa shape index (κ3) is 4.05. The first-order valence-corrected chi connectivity index (χ1v) is 8.35. The third-order valence-corrected chi connectivity index (χ3v) is 4.39. The molecule has 4 nitrogen and oxygen atoms in total. The molecule has 0 saturated carbocycles. The van der Waals surface area contributed by atoms with Crippen LogP contribution in [0.4, 0.5) is 17.6 Å². The maximum absolute atomic E-state index is 13.4. The molecule has 0 atom stereocenters. The summed E-state index contributed by atoms with van der Waals surface area (Å²) in [7, 11) is 3.83. The standard InChI is InChI=1S/C19H19F4N3O/c1-24(2)9-10-25-8-6-17-14(18(25)27)5-7-26(17)12-13-3-4-16(20)15(11-13)19(21,22)23/h3-8,11H,9-10,12H2,1-2H3. The van der Waals surface area contributed by atoms with Crippen molar-refractivity contribution in [2.45, 2.75) is 19.3 Å². The normalized spacial score (nSPS) is 12.3. The number of rotatable bonds is 5. The highest BCUT2D eigenvalue weighted by Crippen LogP contribution is 2.32. The second kappa shape index (κ2) is 7.19. The third-order valence-electron chi connectivity index (χ3n) is 4.39. The Morgan fingerprint density at radius 3 is 2.41 bits per heavy atom. The van der Waals surface area contributed by atoms with Gasteiger partial charge in [0.05, 0.1) is 16.5 Å². The number of nitrogens with zero attached hydrogens (tertiary/aromatic N) is 3. The van der Waals surface area contributed by atoms with Gasteiger partial charge in [-0.3, -0.25) is 4.79 Å². The largest absolute Gasteiger partial charge is 0.419 e. The van der Waals surface area contributed by atoms with Gasteiger partial charge >= 0.3 is 6.18 Å². The van der Waals surface area contributed by atoms with Gasteiger partial charge < -0.3 is 14.0 Å². The van der Waals surface area contributed by atoms with Gasteiger partial charge in [-0.05, 0) is 43.9 Å². The van der Waals surface area contributed by atoms with Gasteiger partial charge in [0, 0.05) is 32.0 Å². The molecule has 0 aliphatic heterocycles. The average molecular weight is 381 g/mol. The van der Waals surface area contributed by atoms with Crippen molar-refractivity contribution in [3.8, 4) is 0 Å². The Kier molecular flexibility index (Phi) is 5.10. The molecule has 0 unspecified atom stereocenters. The molecule has 0 saturated heterocycles. The zero-order valence-electron chi connectivity index (χ0n) is 14.9. The first-order chi connectivity index (χ1) is 12.7. The summed E-state index contributed by atoms with van der Waals surface area (Å²) in [6, 6.07) is 6.35. The van der Waals surface area contributed by atoms with Crippen molar-refractivity contribution in [1.29, 1.82) is 0 Å². The van der Waals surface area contributed by atoms with Crippen LogP contribution in [0.5, 0.6) is 0 Å². The number of halogens is 4. The first kappa shape index (κ1) is 19.2. The van der Waals surface area contributed by atoms with E-state index in [4.69, 9.17) is 0 Å². The summed E-state index contributed by atoms with van der Waals surface area (Å²) >= 11 is 0. The lowest BCUT2D eigenvalue weighted by molar-refractivity contribution is -0.140. The molecule has 27 heavy (non-hydrogen) atoms. The number of fused-ring (bicyclic) bond motifs is 1.